The van der Waals surface area contributed by atoms with Gasteiger partial charge in [-0.2, -0.15) is 4.31 Å². The first kappa shape index (κ1) is 17.4. The number of nitrogens with zero attached hydrogens (tertiary/aromatic N) is 1. The molecule has 0 aromatic heterocycles. The van der Waals surface area contributed by atoms with Crippen LogP contribution >= 0.6 is 27.5 Å². The fourth-order valence-electron chi connectivity index (χ4n) is 1.65. The molecule has 0 aliphatic carbocycles. The Balaban J connectivity index is 3.05. The molecule has 5 nitrogen and oxygen atoms in total. The second-order valence-corrected chi connectivity index (χ2v) is 7.74. The van der Waals surface area contributed by atoms with Crippen molar-refractivity contribution in [3.8, 4) is 0 Å². The zero-order valence-corrected chi connectivity index (χ0v) is 14.2. The van der Waals surface area contributed by atoms with Gasteiger partial charge in [0.1, 0.15) is 6.54 Å². The number of halogens is 2. The highest BCUT2D eigenvalue weighted by atomic mass is 79.9. The topological polar surface area (TPSA) is 74.7 Å². The maximum Gasteiger partial charge on any atom is 0.318 e. The largest absolute Gasteiger partial charge is 0.480 e. The van der Waals surface area contributed by atoms with Gasteiger partial charge in [-0.15, -0.1) is 0 Å². The summed E-state index contributed by atoms with van der Waals surface area (Å²) in [7, 11) is -3.73. The number of rotatable bonds is 6. The summed E-state index contributed by atoms with van der Waals surface area (Å²) < 4.78 is 26.2. The van der Waals surface area contributed by atoms with Gasteiger partial charge in [-0.05, 0) is 31.5 Å². The first-order chi connectivity index (χ1) is 9.13. The predicted octanol–water partition coefficient (Wildman–Crippen LogP) is 2.73. The van der Waals surface area contributed by atoms with Crippen LogP contribution in [-0.2, 0) is 20.6 Å². The van der Waals surface area contributed by atoms with Crippen molar-refractivity contribution >= 4 is 43.5 Å². The minimum absolute atomic E-state index is 0.282. The Labute approximate surface area is 131 Å². The monoisotopic (exact) mass is 383 g/mol. The number of aliphatic carboxylic acids is 1. The third-order valence-electron chi connectivity index (χ3n) is 2.58. The van der Waals surface area contributed by atoms with Gasteiger partial charge in [0, 0.05) is 15.5 Å². The number of hydrogen-bond donors (Lipinski definition) is 1. The van der Waals surface area contributed by atoms with Gasteiger partial charge in [0.25, 0.3) is 0 Å². The lowest BCUT2D eigenvalue weighted by atomic mass is 10.2. The number of hydrogen-bond acceptors (Lipinski definition) is 3. The summed E-state index contributed by atoms with van der Waals surface area (Å²) in [6.45, 7) is 2.72. The van der Waals surface area contributed by atoms with Crippen LogP contribution in [0.1, 0.15) is 19.4 Å². The zero-order chi connectivity index (χ0) is 15.5. The van der Waals surface area contributed by atoms with Crippen LogP contribution < -0.4 is 0 Å². The highest BCUT2D eigenvalue weighted by Gasteiger charge is 2.28. The molecule has 0 saturated heterocycles. The number of benzene rings is 1. The lowest BCUT2D eigenvalue weighted by molar-refractivity contribution is -0.137. The summed E-state index contributed by atoms with van der Waals surface area (Å²) in [6.07, 6.45) is 0. The summed E-state index contributed by atoms with van der Waals surface area (Å²) in [4.78, 5) is 10.8. The average molecular weight is 385 g/mol. The molecule has 0 heterocycles. The van der Waals surface area contributed by atoms with E-state index in [1.54, 1.807) is 32.0 Å². The Hall–Kier alpha value is -0.630. The van der Waals surface area contributed by atoms with Gasteiger partial charge < -0.3 is 5.11 Å². The minimum Gasteiger partial charge on any atom is -0.480 e. The van der Waals surface area contributed by atoms with Crippen molar-refractivity contribution in [1.82, 2.24) is 4.31 Å². The van der Waals surface area contributed by atoms with Gasteiger partial charge >= 0.3 is 5.97 Å². The van der Waals surface area contributed by atoms with E-state index >= 15 is 0 Å². The average Bonchev–Trinajstić information content (AvgIpc) is 2.29. The lowest BCUT2D eigenvalue weighted by Gasteiger charge is -2.24. The molecule has 0 unspecified atom stereocenters. The second-order valence-electron chi connectivity index (χ2n) is 4.52. The van der Waals surface area contributed by atoms with Gasteiger partial charge in [0.15, 0.2) is 0 Å². The van der Waals surface area contributed by atoms with E-state index in [1.807, 2.05) is 0 Å². The number of carboxylic acids is 1. The third kappa shape index (κ3) is 4.73. The Kier molecular flexibility index (Phi) is 6.00. The summed E-state index contributed by atoms with van der Waals surface area (Å²) in [5.41, 5.74) is 0.533. The Bertz CT molecular complexity index is 603. The zero-order valence-electron chi connectivity index (χ0n) is 11.0. The molecule has 0 amide bonds. The van der Waals surface area contributed by atoms with Gasteiger partial charge in [0.05, 0.1) is 5.75 Å². The lowest BCUT2D eigenvalue weighted by Crippen LogP contribution is -2.41. The third-order valence-corrected chi connectivity index (χ3v) is 5.49. The molecule has 0 radical (unpaired) electrons. The first-order valence-electron chi connectivity index (χ1n) is 5.78. The van der Waals surface area contributed by atoms with E-state index in [4.69, 9.17) is 16.7 Å². The van der Waals surface area contributed by atoms with Gasteiger partial charge in [0.2, 0.25) is 10.0 Å². The second kappa shape index (κ2) is 6.89. The molecule has 0 atom stereocenters. The molecule has 1 aromatic carbocycles. The molecular weight excluding hydrogens is 370 g/mol. The molecule has 0 spiro atoms. The predicted molar refractivity (Wildman–Crippen MR) is 81.3 cm³/mol. The van der Waals surface area contributed by atoms with Crippen molar-refractivity contribution in [2.75, 3.05) is 6.54 Å². The van der Waals surface area contributed by atoms with E-state index in [2.05, 4.69) is 15.9 Å². The number of carbonyl (C=O) groups is 1. The van der Waals surface area contributed by atoms with E-state index in [9.17, 15) is 13.2 Å². The van der Waals surface area contributed by atoms with Crippen molar-refractivity contribution in [2.24, 2.45) is 0 Å². The van der Waals surface area contributed by atoms with Crippen molar-refractivity contribution in [2.45, 2.75) is 25.6 Å². The molecule has 1 rings (SSSR count). The first-order valence-corrected chi connectivity index (χ1v) is 8.56. The summed E-state index contributed by atoms with van der Waals surface area (Å²) in [6, 6.07) is 4.36. The van der Waals surface area contributed by atoms with Crippen molar-refractivity contribution < 1.29 is 18.3 Å². The summed E-state index contributed by atoms with van der Waals surface area (Å²) >= 11 is 9.06. The van der Waals surface area contributed by atoms with Crippen molar-refractivity contribution in [3.63, 3.8) is 0 Å². The van der Waals surface area contributed by atoms with Crippen LogP contribution in [0, 0.1) is 0 Å². The minimum atomic E-state index is -3.73. The molecule has 20 heavy (non-hydrogen) atoms. The standard InChI is InChI=1S/C12H15BrClNO4S/c1-8(2)15(6-12(16)17)20(18,19)7-9-3-4-10(14)5-11(9)13/h3-5,8H,6-7H2,1-2H3,(H,16,17). The summed E-state index contributed by atoms with van der Waals surface area (Å²) in [5.74, 6) is -1.46. The van der Waals surface area contributed by atoms with Gasteiger partial charge in [-0.25, -0.2) is 8.42 Å². The van der Waals surface area contributed by atoms with Crippen LogP contribution in [0.5, 0.6) is 0 Å². The normalized spacial score (nSPS) is 12.1. The molecule has 1 N–H and O–H groups in total. The molecule has 112 valence electrons. The van der Waals surface area contributed by atoms with Gasteiger partial charge in [-0.3, -0.25) is 4.79 Å². The van der Waals surface area contributed by atoms with Crippen LogP contribution in [0.2, 0.25) is 5.02 Å². The smallest absolute Gasteiger partial charge is 0.318 e. The molecule has 0 bridgehead atoms. The molecule has 0 aliphatic heterocycles. The SMILES string of the molecule is CC(C)N(CC(=O)O)S(=O)(=O)Cc1ccc(Cl)cc1Br. The molecule has 0 saturated carbocycles. The summed E-state index contributed by atoms with van der Waals surface area (Å²) in [5, 5.41) is 9.31. The Morgan fingerprint density at radius 1 is 1.45 bits per heavy atom. The molecule has 0 fully saturated rings. The maximum atomic E-state index is 12.3. The Morgan fingerprint density at radius 3 is 2.50 bits per heavy atom. The molecule has 1 aromatic rings. The van der Waals surface area contributed by atoms with E-state index in [0.717, 1.165) is 4.31 Å². The van der Waals surface area contributed by atoms with Crippen LogP contribution in [0.25, 0.3) is 0 Å². The van der Waals surface area contributed by atoms with Crippen molar-refractivity contribution in [3.05, 3.63) is 33.3 Å². The quantitative estimate of drug-likeness (QED) is 0.818. The van der Waals surface area contributed by atoms with Crippen LogP contribution in [0.4, 0.5) is 0 Å². The fourth-order valence-corrected chi connectivity index (χ4v) is 4.42. The van der Waals surface area contributed by atoms with Crippen LogP contribution in [0.3, 0.4) is 0 Å². The fraction of sp³-hybridized carbons (Fsp3) is 0.417. The highest BCUT2D eigenvalue weighted by Crippen LogP contribution is 2.24. The highest BCUT2D eigenvalue weighted by molar-refractivity contribution is 9.10. The van der Waals surface area contributed by atoms with Crippen LogP contribution in [-0.4, -0.2) is 36.4 Å². The number of sulfonamides is 1. The van der Waals surface area contributed by atoms with Crippen LogP contribution in [0.15, 0.2) is 22.7 Å². The maximum absolute atomic E-state index is 12.3. The van der Waals surface area contributed by atoms with Gasteiger partial charge in [-0.1, -0.05) is 33.6 Å². The molecular formula is C12H15BrClNO4S. The molecule has 8 heteroatoms. The van der Waals surface area contributed by atoms with Crippen molar-refractivity contribution in [1.29, 1.82) is 0 Å². The van der Waals surface area contributed by atoms with E-state index in [-0.39, 0.29) is 5.75 Å². The van der Waals surface area contributed by atoms with E-state index in [1.165, 1.54) is 0 Å². The number of carboxylic acid groups (broad SMARTS) is 1. The Morgan fingerprint density at radius 2 is 2.05 bits per heavy atom. The van der Waals surface area contributed by atoms with E-state index in [0.29, 0.717) is 15.1 Å². The van der Waals surface area contributed by atoms with E-state index < -0.39 is 28.6 Å². The molecule has 0 aliphatic rings.